The van der Waals surface area contributed by atoms with Gasteiger partial charge in [0, 0.05) is 43.7 Å². The summed E-state index contributed by atoms with van der Waals surface area (Å²) in [5.41, 5.74) is 1.10. The molecule has 0 aliphatic carbocycles. The fourth-order valence-electron chi connectivity index (χ4n) is 2.95. The number of hydrogen-bond acceptors (Lipinski definition) is 5. The predicted molar refractivity (Wildman–Crippen MR) is 117 cm³/mol. The number of hydrogen-bond donors (Lipinski definition) is 1. The molecule has 6 nitrogen and oxygen atoms in total. The van der Waals surface area contributed by atoms with Crippen molar-refractivity contribution in [3.8, 4) is 0 Å². The van der Waals surface area contributed by atoms with Crippen molar-refractivity contribution in [3.63, 3.8) is 0 Å². The fraction of sp³-hybridized carbons (Fsp3) is 0.722. The van der Waals surface area contributed by atoms with Gasteiger partial charge in [0.1, 0.15) is 0 Å². The number of esters is 1. The molecule has 0 bridgehead atoms. The van der Waals surface area contributed by atoms with Crippen molar-refractivity contribution < 1.29 is 9.53 Å². The minimum absolute atomic E-state index is 0. The smallest absolute Gasteiger partial charge is 0.309 e. The van der Waals surface area contributed by atoms with Gasteiger partial charge >= 0.3 is 5.97 Å². The number of aliphatic imine (C=N–C) groups is 1. The largest absolute Gasteiger partial charge is 0.466 e. The third-order valence-corrected chi connectivity index (χ3v) is 5.25. The Morgan fingerprint density at radius 1 is 1.42 bits per heavy atom. The van der Waals surface area contributed by atoms with E-state index in [4.69, 9.17) is 9.73 Å². The molecule has 1 aromatic heterocycles. The van der Waals surface area contributed by atoms with Crippen LogP contribution in [0.25, 0.3) is 0 Å². The third kappa shape index (κ3) is 7.38. The SMILES string of the molecule is CCNC(=NCCCc1nc(C)cs1)N1CCC(C(=O)OCC)CC1.I. The topological polar surface area (TPSA) is 66.8 Å². The van der Waals surface area contributed by atoms with Crippen LogP contribution in [-0.4, -0.2) is 54.6 Å². The highest BCUT2D eigenvalue weighted by Crippen LogP contribution is 2.19. The van der Waals surface area contributed by atoms with E-state index in [1.165, 1.54) is 5.01 Å². The van der Waals surface area contributed by atoms with Crippen molar-refractivity contribution in [3.05, 3.63) is 16.1 Å². The number of carbonyl (C=O) groups is 1. The molecular weight excluding hydrogens is 463 g/mol. The molecule has 1 saturated heterocycles. The zero-order valence-electron chi connectivity index (χ0n) is 16.0. The molecule has 0 radical (unpaired) electrons. The Kier molecular flexibility index (Phi) is 11.1. The van der Waals surface area contributed by atoms with Crippen LogP contribution in [0.2, 0.25) is 0 Å². The average Bonchev–Trinajstić information content (AvgIpc) is 3.03. The summed E-state index contributed by atoms with van der Waals surface area (Å²) in [6, 6.07) is 0. The summed E-state index contributed by atoms with van der Waals surface area (Å²) in [5.74, 6) is 0.940. The molecule has 0 amide bonds. The average molecular weight is 494 g/mol. The van der Waals surface area contributed by atoms with Crippen molar-refractivity contribution in [1.29, 1.82) is 0 Å². The Bertz CT molecular complexity index is 571. The Balaban J connectivity index is 0.00000338. The molecule has 0 atom stereocenters. The molecule has 1 aromatic rings. The number of rotatable bonds is 7. The molecule has 1 aliphatic rings. The molecule has 0 saturated carbocycles. The zero-order valence-corrected chi connectivity index (χ0v) is 19.1. The van der Waals surface area contributed by atoms with Crippen LogP contribution in [0.1, 0.15) is 43.8 Å². The van der Waals surface area contributed by atoms with Crippen molar-refractivity contribution >= 4 is 47.2 Å². The molecule has 148 valence electrons. The highest BCUT2D eigenvalue weighted by molar-refractivity contribution is 14.0. The maximum Gasteiger partial charge on any atom is 0.309 e. The van der Waals surface area contributed by atoms with Crippen molar-refractivity contribution in [2.45, 2.75) is 46.5 Å². The first-order valence-electron chi connectivity index (χ1n) is 9.25. The van der Waals surface area contributed by atoms with E-state index in [0.717, 1.165) is 63.5 Å². The van der Waals surface area contributed by atoms with Crippen LogP contribution in [0.4, 0.5) is 0 Å². The van der Waals surface area contributed by atoms with Gasteiger partial charge in [0.2, 0.25) is 0 Å². The minimum Gasteiger partial charge on any atom is -0.466 e. The van der Waals surface area contributed by atoms with Gasteiger partial charge < -0.3 is 15.0 Å². The summed E-state index contributed by atoms with van der Waals surface area (Å²) in [6.07, 6.45) is 3.65. The van der Waals surface area contributed by atoms with Crippen molar-refractivity contribution in [2.75, 3.05) is 32.8 Å². The van der Waals surface area contributed by atoms with E-state index in [1.807, 2.05) is 13.8 Å². The van der Waals surface area contributed by atoms with E-state index >= 15 is 0 Å². The van der Waals surface area contributed by atoms with Gasteiger partial charge in [-0.25, -0.2) is 4.98 Å². The number of piperidine rings is 1. The molecule has 0 aromatic carbocycles. The summed E-state index contributed by atoms with van der Waals surface area (Å²) in [6.45, 7) is 9.77. The van der Waals surface area contributed by atoms with E-state index < -0.39 is 0 Å². The number of ether oxygens (including phenoxy) is 1. The first kappa shape index (κ1) is 23.1. The maximum atomic E-state index is 11.9. The summed E-state index contributed by atoms with van der Waals surface area (Å²) < 4.78 is 5.14. The second-order valence-corrected chi connectivity index (χ2v) is 7.18. The van der Waals surface area contributed by atoms with Crippen LogP contribution >= 0.6 is 35.3 Å². The van der Waals surface area contributed by atoms with Gasteiger partial charge in [-0.1, -0.05) is 0 Å². The Morgan fingerprint density at radius 2 is 2.15 bits per heavy atom. The zero-order chi connectivity index (χ0) is 18.1. The molecule has 26 heavy (non-hydrogen) atoms. The Hall–Kier alpha value is -0.900. The summed E-state index contributed by atoms with van der Waals surface area (Å²) >= 11 is 1.72. The number of nitrogens with one attached hydrogen (secondary N) is 1. The van der Waals surface area contributed by atoms with E-state index in [1.54, 1.807) is 11.3 Å². The first-order valence-corrected chi connectivity index (χ1v) is 10.1. The van der Waals surface area contributed by atoms with Gasteiger partial charge in [-0.2, -0.15) is 0 Å². The monoisotopic (exact) mass is 494 g/mol. The van der Waals surface area contributed by atoms with Crippen LogP contribution in [0.15, 0.2) is 10.4 Å². The number of carbonyl (C=O) groups excluding carboxylic acids is 1. The minimum atomic E-state index is -0.0529. The van der Waals surface area contributed by atoms with Crippen LogP contribution in [0, 0.1) is 12.8 Å². The number of thiazole rings is 1. The van der Waals surface area contributed by atoms with Crippen molar-refractivity contribution in [1.82, 2.24) is 15.2 Å². The van der Waals surface area contributed by atoms with Crippen LogP contribution in [0.3, 0.4) is 0 Å². The van der Waals surface area contributed by atoms with E-state index in [9.17, 15) is 4.79 Å². The lowest BCUT2D eigenvalue weighted by Crippen LogP contribution is -2.46. The van der Waals surface area contributed by atoms with Crippen LogP contribution in [0.5, 0.6) is 0 Å². The predicted octanol–water partition coefficient (Wildman–Crippen LogP) is 3.24. The molecule has 0 spiro atoms. The molecule has 1 N–H and O–H groups in total. The molecule has 2 heterocycles. The number of aryl methyl sites for hydroxylation is 2. The van der Waals surface area contributed by atoms with Gasteiger partial charge in [-0.05, 0) is 40.0 Å². The first-order chi connectivity index (χ1) is 12.1. The number of aromatic nitrogens is 1. The van der Waals surface area contributed by atoms with Gasteiger partial charge in [-0.3, -0.25) is 9.79 Å². The quantitative estimate of drug-likeness (QED) is 0.207. The van der Waals surface area contributed by atoms with Gasteiger partial charge in [-0.15, -0.1) is 35.3 Å². The lowest BCUT2D eigenvalue weighted by atomic mass is 9.97. The standard InChI is InChI=1S/C18H30N4O2S.HI/c1-4-19-18(20-10-6-7-16-21-14(3)13-25-16)22-11-8-15(9-12-22)17(23)24-5-2;/h13,15H,4-12H2,1-3H3,(H,19,20);1H. The number of guanidine groups is 1. The Labute approximate surface area is 177 Å². The second kappa shape index (κ2) is 12.5. The van der Waals surface area contributed by atoms with Crippen LogP contribution < -0.4 is 5.32 Å². The molecule has 2 rings (SSSR count). The second-order valence-electron chi connectivity index (χ2n) is 6.24. The van der Waals surface area contributed by atoms with E-state index in [0.29, 0.717) is 6.61 Å². The van der Waals surface area contributed by atoms with Crippen molar-refractivity contribution in [2.24, 2.45) is 10.9 Å². The van der Waals surface area contributed by atoms with Gasteiger partial charge in [0.15, 0.2) is 5.96 Å². The van der Waals surface area contributed by atoms with Gasteiger partial charge in [0.25, 0.3) is 0 Å². The summed E-state index contributed by atoms with van der Waals surface area (Å²) in [5, 5.41) is 6.65. The molecular formula is C18H31IN4O2S. The molecule has 8 heteroatoms. The maximum absolute atomic E-state index is 11.9. The molecule has 1 aliphatic heterocycles. The Morgan fingerprint density at radius 3 is 2.73 bits per heavy atom. The third-order valence-electron chi connectivity index (χ3n) is 4.23. The molecule has 0 unspecified atom stereocenters. The number of likely N-dealkylation sites (tertiary alicyclic amines) is 1. The van der Waals surface area contributed by atoms with E-state index in [-0.39, 0.29) is 35.9 Å². The summed E-state index contributed by atoms with van der Waals surface area (Å²) in [4.78, 5) is 23.4. The highest BCUT2D eigenvalue weighted by Gasteiger charge is 2.27. The number of halogens is 1. The summed E-state index contributed by atoms with van der Waals surface area (Å²) in [7, 11) is 0. The fourth-order valence-corrected chi connectivity index (χ4v) is 3.76. The van der Waals surface area contributed by atoms with Gasteiger partial charge in [0.05, 0.1) is 17.5 Å². The lowest BCUT2D eigenvalue weighted by Gasteiger charge is -2.33. The highest BCUT2D eigenvalue weighted by atomic mass is 127. The normalized spacial score (nSPS) is 15.5. The van der Waals surface area contributed by atoms with E-state index in [2.05, 4.69) is 27.5 Å². The van der Waals surface area contributed by atoms with Crippen LogP contribution in [-0.2, 0) is 16.0 Å². The number of nitrogens with zero attached hydrogens (tertiary/aromatic N) is 3. The lowest BCUT2D eigenvalue weighted by molar-refractivity contribution is -0.149. The molecule has 1 fully saturated rings.